The maximum absolute atomic E-state index is 8.94. The summed E-state index contributed by atoms with van der Waals surface area (Å²) in [4.78, 5) is 6.83. The fourth-order valence-electron chi connectivity index (χ4n) is 7.02. The van der Waals surface area contributed by atoms with Gasteiger partial charge in [0.1, 0.15) is 55.2 Å². The van der Waals surface area contributed by atoms with Crippen LogP contribution in [0.15, 0.2) is 121 Å². The lowest BCUT2D eigenvalue weighted by Crippen LogP contribution is -2.25. The minimum Gasteiger partial charge on any atom is -0.508 e. The number of hydrogen-bond donors (Lipinski definition) is 1. The van der Waals surface area contributed by atoms with Crippen LogP contribution in [0.5, 0.6) is 28.7 Å². The predicted octanol–water partition coefficient (Wildman–Crippen LogP) is 14.5. The summed E-state index contributed by atoms with van der Waals surface area (Å²) in [5, 5.41) is 8.94. The Labute approximate surface area is 438 Å². The Morgan fingerprint density at radius 3 is 1.04 bits per heavy atom. The standard InChI is InChI=1S/C15H23NO.C14H23NO.C13H21NO.C12H18O2.C9H12O/c1-13(2)14-5-7-15(8-6-14)17-12-11-16-9-3-4-10-16;1-5-15(4)10-11-16-14-8-6-13(7-9-14)12(2)3;1-11(2)12-5-7-13(8-6-12)15-10-9-14(3)4;1-10(2)11-4-6-12(7-5-11)14-9-8-13-3;1-7(2)8-3-5-9(10)6-4-8/h5-8,13H,3-4,9-12H2,1-2H3;6-9,12H,5,10-11H2,1-4H3;5-8,11H,9-10H2,1-4H3;4-7,10H,8-9H2,1-3H3;3-7,10H,1-2H3. The van der Waals surface area contributed by atoms with Crippen LogP contribution in [0.2, 0.25) is 0 Å². The number of nitrogens with zero attached hydrogens (tertiary/aromatic N) is 3. The summed E-state index contributed by atoms with van der Waals surface area (Å²) >= 11 is 0. The van der Waals surface area contributed by atoms with Crippen molar-refractivity contribution < 1.29 is 28.8 Å². The minimum atomic E-state index is 0.337. The highest BCUT2D eigenvalue weighted by Gasteiger charge is 2.11. The van der Waals surface area contributed by atoms with Crippen molar-refractivity contribution in [2.75, 3.05) is 101 Å². The second kappa shape index (κ2) is 36.8. The van der Waals surface area contributed by atoms with Crippen LogP contribution in [-0.4, -0.2) is 120 Å². The van der Waals surface area contributed by atoms with E-state index in [0.29, 0.717) is 48.6 Å². The monoisotopic (exact) mass is 992 g/mol. The molecule has 1 heterocycles. The van der Waals surface area contributed by atoms with Gasteiger partial charge in [-0.2, -0.15) is 0 Å². The van der Waals surface area contributed by atoms with Gasteiger partial charge in [-0.3, -0.25) is 4.90 Å². The van der Waals surface area contributed by atoms with E-state index in [1.54, 1.807) is 19.2 Å². The van der Waals surface area contributed by atoms with Crippen molar-refractivity contribution in [2.45, 2.75) is 119 Å². The molecule has 9 nitrogen and oxygen atoms in total. The molecule has 1 fully saturated rings. The van der Waals surface area contributed by atoms with Crippen LogP contribution >= 0.6 is 0 Å². The second-order valence-electron chi connectivity index (χ2n) is 20.3. The highest BCUT2D eigenvalue weighted by Crippen LogP contribution is 2.22. The first kappa shape index (κ1) is 63.1. The molecule has 72 heavy (non-hydrogen) atoms. The predicted molar refractivity (Wildman–Crippen MR) is 306 cm³/mol. The lowest BCUT2D eigenvalue weighted by Gasteiger charge is -2.15. The molecule has 0 saturated carbocycles. The quantitative estimate of drug-likeness (QED) is 0.0682. The van der Waals surface area contributed by atoms with Crippen molar-refractivity contribution in [3.8, 4) is 28.7 Å². The zero-order chi connectivity index (χ0) is 53.3. The van der Waals surface area contributed by atoms with Crippen LogP contribution in [-0.2, 0) is 4.74 Å². The van der Waals surface area contributed by atoms with Gasteiger partial charge in [-0.05, 0) is 172 Å². The maximum Gasteiger partial charge on any atom is 0.119 e. The Morgan fingerprint density at radius 2 is 0.736 bits per heavy atom. The van der Waals surface area contributed by atoms with Gasteiger partial charge in [0, 0.05) is 26.7 Å². The van der Waals surface area contributed by atoms with Crippen LogP contribution in [0, 0.1) is 0 Å². The van der Waals surface area contributed by atoms with E-state index in [1.807, 2.05) is 50.5 Å². The molecule has 0 bridgehead atoms. The molecular weight excluding hydrogens is 895 g/mol. The van der Waals surface area contributed by atoms with Gasteiger partial charge in [-0.15, -0.1) is 0 Å². The molecular formula is C63H97N3O6. The van der Waals surface area contributed by atoms with Crippen molar-refractivity contribution >= 4 is 0 Å². The molecule has 1 saturated heterocycles. The molecule has 1 N–H and O–H groups in total. The molecule has 0 atom stereocenters. The SMILES string of the molecule is CC(C)c1ccc(O)cc1.CC(C)c1ccc(OCCN(C)C)cc1.CC(C)c1ccc(OCCN2CCCC2)cc1.CCN(C)CCOc1ccc(C(C)C)cc1.COCCOc1ccc(C(C)C)cc1. The highest BCUT2D eigenvalue weighted by molar-refractivity contribution is 5.32. The number of hydrogen-bond acceptors (Lipinski definition) is 9. The van der Waals surface area contributed by atoms with Crippen LogP contribution in [0.25, 0.3) is 0 Å². The van der Waals surface area contributed by atoms with E-state index in [0.717, 1.165) is 69.0 Å². The molecule has 0 aromatic heterocycles. The Bertz CT molecular complexity index is 2040. The molecule has 0 spiro atoms. The second-order valence-corrected chi connectivity index (χ2v) is 20.3. The number of methoxy groups -OCH3 is 1. The molecule has 400 valence electrons. The van der Waals surface area contributed by atoms with Gasteiger partial charge in [0.2, 0.25) is 0 Å². The summed E-state index contributed by atoms with van der Waals surface area (Å²) in [6, 6.07) is 40.8. The molecule has 6 rings (SSSR count). The van der Waals surface area contributed by atoms with Gasteiger partial charge >= 0.3 is 0 Å². The third kappa shape index (κ3) is 28.3. The summed E-state index contributed by atoms with van der Waals surface area (Å²) in [7, 11) is 7.87. The number of ether oxygens (including phenoxy) is 5. The van der Waals surface area contributed by atoms with Gasteiger partial charge in [0.15, 0.2) is 0 Å². The Morgan fingerprint density at radius 1 is 0.431 bits per heavy atom. The number of phenolic OH excluding ortho intramolecular Hbond substituents is 1. The lowest BCUT2D eigenvalue weighted by atomic mass is 10.0. The van der Waals surface area contributed by atoms with E-state index in [2.05, 4.69) is 171 Å². The van der Waals surface area contributed by atoms with E-state index in [4.69, 9.17) is 28.8 Å². The van der Waals surface area contributed by atoms with Gasteiger partial charge in [-0.25, -0.2) is 0 Å². The van der Waals surface area contributed by atoms with Gasteiger partial charge in [-0.1, -0.05) is 137 Å². The van der Waals surface area contributed by atoms with Crippen molar-refractivity contribution in [1.29, 1.82) is 0 Å². The average molecular weight is 992 g/mol. The van der Waals surface area contributed by atoms with Crippen molar-refractivity contribution in [3.05, 3.63) is 149 Å². The number of likely N-dealkylation sites (N-methyl/N-ethyl adjacent to an activating group) is 2. The van der Waals surface area contributed by atoms with Crippen LogP contribution in [0.3, 0.4) is 0 Å². The molecule has 9 heteroatoms. The summed E-state index contributed by atoms with van der Waals surface area (Å²) in [5.41, 5.74) is 6.69. The van der Waals surface area contributed by atoms with Crippen LogP contribution in [0.4, 0.5) is 0 Å². The first-order chi connectivity index (χ1) is 34.4. The Balaban J connectivity index is 0.000000311. The first-order valence-electron chi connectivity index (χ1n) is 26.7. The molecule has 5 aromatic rings. The number of rotatable bonds is 22. The zero-order valence-electron chi connectivity index (χ0n) is 47.5. The summed E-state index contributed by atoms with van der Waals surface area (Å²) < 4.78 is 27.4. The number of benzene rings is 5. The summed E-state index contributed by atoms with van der Waals surface area (Å²) in [6.45, 7) is 34.1. The molecule has 0 radical (unpaired) electrons. The first-order valence-corrected chi connectivity index (χ1v) is 26.7. The van der Waals surface area contributed by atoms with E-state index >= 15 is 0 Å². The fraction of sp³-hybridized carbons (Fsp3) is 0.524. The van der Waals surface area contributed by atoms with Gasteiger partial charge < -0.3 is 38.6 Å². The van der Waals surface area contributed by atoms with Crippen molar-refractivity contribution in [2.24, 2.45) is 0 Å². The van der Waals surface area contributed by atoms with E-state index in [9.17, 15) is 0 Å². The average Bonchev–Trinajstić information content (AvgIpc) is 3.89. The number of phenols is 1. The molecule has 5 aromatic carbocycles. The van der Waals surface area contributed by atoms with Gasteiger partial charge in [0.25, 0.3) is 0 Å². The summed E-state index contributed by atoms with van der Waals surface area (Å²) in [5.74, 6) is 7.04. The molecule has 0 aliphatic carbocycles. The number of aromatic hydroxyl groups is 1. The minimum absolute atomic E-state index is 0.337. The summed E-state index contributed by atoms with van der Waals surface area (Å²) in [6.07, 6.45) is 2.70. The van der Waals surface area contributed by atoms with Crippen molar-refractivity contribution in [3.63, 3.8) is 0 Å². The highest BCUT2D eigenvalue weighted by atomic mass is 16.5. The molecule has 0 amide bonds. The van der Waals surface area contributed by atoms with Crippen molar-refractivity contribution in [1.82, 2.24) is 14.7 Å². The maximum atomic E-state index is 8.94. The largest absolute Gasteiger partial charge is 0.508 e. The van der Waals surface area contributed by atoms with E-state index < -0.39 is 0 Å². The van der Waals surface area contributed by atoms with E-state index in [-0.39, 0.29) is 0 Å². The Kier molecular flexibility index (Phi) is 32.2. The topological polar surface area (TPSA) is 76.1 Å². The lowest BCUT2D eigenvalue weighted by molar-refractivity contribution is 0.146. The third-order valence-electron chi connectivity index (χ3n) is 12.3. The fourth-order valence-corrected chi connectivity index (χ4v) is 7.02. The van der Waals surface area contributed by atoms with Gasteiger partial charge in [0.05, 0.1) is 6.61 Å². The smallest absolute Gasteiger partial charge is 0.119 e. The third-order valence-corrected chi connectivity index (χ3v) is 12.3. The molecule has 0 unspecified atom stereocenters. The Hall–Kier alpha value is -5.06. The molecule has 1 aliphatic heterocycles. The van der Waals surface area contributed by atoms with Crippen LogP contribution in [0.1, 0.15) is 146 Å². The zero-order valence-corrected chi connectivity index (χ0v) is 47.5. The van der Waals surface area contributed by atoms with Crippen LogP contribution < -0.4 is 18.9 Å². The normalized spacial score (nSPS) is 12.2. The van der Waals surface area contributed by atoms with E-state index in [1.165, 1.54) is 53.7 Å². The number of likely N-dealkylation sites (tertiary alicyclic amines) is 1. The molecule has 1 aliphatic rings.